The van der Waals surface area contributed by atoms with Gasteiger partial charge in [-0.2, -0.15) is 0 Å². The molecule has 8 heteroatoms. The Kier molecular flexibility index (Phi) is 5.37. The summed E-state index contributed by atoms with van der Waals surface area (Å²) in [7, 11) is 0. The molecule has 1 aliphatic heterocycles. The fourth-order valence-corrected chi connectivity index (χ4v) is 6.01. The van der Waals surface area contributed by atoms with Gasteiger partial charge in [-0.05, 0) is 74.5 Å². The van der Waals surface area contributed by atoms with Gasteiger partial charge >= 0.3 is 0 Å². The van der Waals surface area contributed by atoms with Gasteiger partial charge in [0.2, 0.25) is 5.95 Å². The van der Waals surface area contributed by atoms with Crippen LogP contribution in [0.1, 0.15) is 52.9 Å². The van der Waals surface area contributed by atoms with Crippen molar-refractivity contribution in [2.24, 2.45) is 5.41 Å². The van der Waals surface area contributed by atoms with E-state index in [4.69, 9.17) is 4.98 Å². The van der Waals surface area contributed by atoms with Crippen molar-refractivity contribution in [2.75, 3.05) is 18.0 Å². The third-order valence-corrected chi connectivity index (χ3v) is 8.49. The highest BCUT2D eigenvalue weighted by Gasteiger charge is 2.48. The van der Waals surface area contributed by atoms with Crippen LogP contribution in [-0.2, 0) is 11.4 Å². The Bertz CT molecular complexity index is 812. The van der Waals surface area contributed by atoms with Crippen molar-refractivity contribution >= 4 is 45.5 Å². The molecule has 27 heavy (non-hydrogen) atoms. The Morgan fingerprint density at radius 3 is 2.70 bits per heavy atom. The van der Waals surface area contributed by atoms with Crippen LogP contribution in [0.2, 0.25) is 0 Å². The first kappa shape index (κ1) is 19.7. The highest BCUT2D eigenvalue weighted by molar-refractivity contribution is 14.1. The summed E-state index contributed by atoms with van der Waals surface area (Å²) in [6.45, 7) is 8.10. The first-order valence-electron chi connectivity index (χ1n) is 9.71. The van der Waals surface area contributed by atoms with Gasteiger partial charge < -0.3 is 9.45 Å². The number of piperidine rings is 1. The van der Waals surface area contributed by atoms with E-state index in [9.17, 15) is 4.55 Å². The minimum absolute atomic E-state index is 0.220. The van der Waals surface area contributed by atoms with Gasteiger partial charge in [-0.25, -0.2) is 9.97 Å². The minimum Gasteiger partial charge on any atom is -0.598 e. The first-order valence-corrected chi connectivity index (χ1v) is 11.9. The zero-order chi connectivity index (χ0) is 19.2. The fraction of sp³-hybridized carbons (Fsp3) is 0.684. The van der Waals surface area contributed by atoms with Crippen molar-refractivity contribution < 1.29 is 4.55 Å². The Balaban J connectivity index is 1.49. The van der Waals surface area contributed by atoms with E-state index in [1.165, 1.54) is 12.8 Å². The molecule has 2 aliphatic rings. The molecule has 3 heterocycles. The van der Waals surface area contributed by atoms with E-state index in [0.717, 1.165) is 47.5 Å². The summed E-state index contributed by atoms with van der Waals surface area (Å²) < 4.78 is 19.1. The van der Waals surface area contributed by atoms with Gasteiger partial charge in [0, 0.05) is 43.0 Å². The molecule has 2 aromatic rings. The average Bonchev–Trinajstić information content (AvgIpc) is 3.25. The molecular formula is C19H28IN5OS. The SMILES string of the molecule is CC(C)(C)[S+]([O-])NC1CCCC12CCN(c1ncc(I)c3nccn13)CC2. The molecule has 0 radical (unpaired) electrons. The summed E-state index contributed by atoms with van der Waals surface area (Å²) >= 11 is 1.28. The first-order chi connectivity index (χ1) is 12.8. The van der Waals surface area contributed by atoms with Crippen molar-refractivity contribution in [3.8, 4) is 0 Å². The van der Waals surface area contributed by atoms with Gasteiger partial charge in [-0.15, -0.1) is 4.72 Å². The van der Waals surface area contributed by atoms with Crippen LogP contribution in [-0.4, -0.2) is 42.8 Å². The Hall–Kier alpha value is -0.580. The molecule has 2 aromatic heterocycles. The lowest BCUT2D eigenvalue weighted by Gasteiger charge is -2.44. The van der Waals surface area contributed by atoms with Crippen LogP contribution in [0.5, 0.6) is 0 Å². The highest BCUT2D eigenvalue weighted by Crippen LogP contribution is 2.47. The quantitative estimate of drug-likeness (QED) is 0.515. The number of nitrogens with zero attached hydrogens (tertiary/aromatic N) is 4. The van der Waals surface area contributed by atoms with E-state index in [1.807, 2.05) is 39.4 Å². The number of fused-ring (bicyclic) bond motifs is 1. The van der Waals surface area contributed by atoms with E-state index in [-0.39, 0.29) is 10.2 Å². The maximum Gasteiger partial charge on any atom is 0.211 e. The Morgan fingerprint density at radius 2 is 2.00 bits per heavy atom. The zero-order valence-corrected chi connectivity index (χ0v) is 19.2. The van der Waals surface area contributed by atoms with Crippen molar-refractivity contribution in [2.45, 2.75) is 63.7 Å². The summed E-state index contributed by atoms with van der Waals surface area (Å²) in [6, 6.07) is 0.359. The topological polar surface area (TPSA) is 68.5 Å². The monoisotopic (exact) mass is 501 g/mol. The second-order valence-corrected chi connectivity index (χ2v) is 12.0. The highest BCUT2D eigenvalue weighted by atomic mass is 127. The number of imidazole rings is 1. The summed E-state index contributed by atoms with van der Waals surface area (Å²) in [5.41, 5.74) is 1.25. The number of anilines is 1. The molecule has 148 valence electrons. The average molecular weight is 501 g/mol. The molecule has 2 unspecified atom stereocenters. The number of aromatic nitrogens is 3. The molecule has 1 saturated carbocycles. The van der Waals surface area contributed by atoms with Crippen molar-refractivity contribution in [3.63, 3.8) is 0 Å². The minimum atomic E-state index is -1.00. The van der Waals surface area contributed by atoms with Crippen LogP contribution in [0, 0.1) is 8.99 Å². The molecule has 6 nitrogen and oxygen atoms in total. The van der Waals surface area contributed by atoms with Crippen LogP contribution in [0.25, 0.3) is 5.65 Å². The maximum absolute atomic E-state index is 12.6. The van der Waals surface area contributed by atoms with E-state index in [2.05, 4.69) is 41.6 Å². The maximum atomic E-state index is 12.6. The number of hydrogen-bond acceptors (Lipinski definition) is 5. The molecule has 1 N–H and O–H groups in total. The molecule has 1 saturated heterocycles. The largest absolute Gasteiger partial charge is 0.598 e. The van der Waals surface area contributed by atoms with E-state index >= 15 is 0 Å². The second-order valence-electron chi connectivity index (χ2n) is 8.82. The second kappa shape index (κ2) is 7.35. The summed E-state index contributed by atoms with van der Waals surface area (Å²) in [6.07, 6.45) is 11.6. The van der Waals surface area contributed by atoms with E-state index in [1.54, 1.807) is 0 Å². The van der Waals surface area contributed by atoms with Crippen LogP contribution < -0.4 is 9.62 Å². The van der Waals surface area contributed by atoms with Crippen molar-refractivity contribution in [3.05, 3.63) is 22.2 Å². The van der Waals surface area contributed by atoms with Crippen LogP contribution in [0.4, 0.5) is 5.95 Å². The number of rotatable bonds is 3. The standard InChI is InChI=1S/C19H28IN5OS/c1-18(2,3)27(26)23-15-5-4-6-19(15)7-10-24(11-8-19)17-22-13-14(20)16-21-9-12-25(16)17/h9,12-13,15,23H,4-8,10-11H2,1-3H3. The summed E-state index contributed by atoms with van der Waals surface area (Å²) in [5.74, 6) is 0.985. The van der Waals surface area contributed by atoms with Gasteiger partial charge in [-0.1, -0.05) is 6.42 Å². The fourth-order valence-electron chi connectivity index (χ4n) is 4.49. The smallest absolute Gasteiger partial charge is 0.211 e. The lowest BCUT2D eigenvalue weighted by molar-refractivity contribution is 0.186. The predicted molar refractivity (Wildman–Crippen MR) is 118 cm³/mol. The normalized spacial score (nSPS) is 24.0. The number of hydrogen-bond donors (Lipinski definition) is 1. The van der Waals surface area contributed by atoms with Crippen LogP contribution in [0.15, 0.2) is 18.6 Å². The van der Waals surface area contributed by atoms with Gasteiger partial charge in [0.1, 0.15) is 4.75 Å². The molecular weight excluding hydrogens is 473 g/mol. The lowest BCUT2D eigenvalue weighted by Crippen LogP contribution is -2.53. The van der Waals surface area contributed by atoms with Crippen LogP contribution >= 0.6 is 22.6 Å². The molecule has 4 rings (SSSR count). The Labute approximate surface area is 178 Å². The molecule has 0 amide bonds. The third-order valence-electron chi connectivity index (χ3n) is 6.12. The Morgan fingerprint density at radius 1 is 1.26 bits per heavy atom. The molecule has 1 aliphatic carbocycles. The molecule has 0 aromatic carbocycles. The molecule has 2 atom stereocenters. The molecule has 1 spiro atoms. The van der Waals surface area contributed by atoms with Gasteiger partial charge in [0.15, 0.2) is 5.65 Å². The summed E-state index contributed by atoms with van der Waals surface area (Å²) in [4.78, 5) is 11.5. The predicted octanol–water partition coefficient (Wildman–Crippen LogP) is 3.52. The molecule has 2 fully saturated rings. The van der Waals surface area contributed by atoms with Crippen molar-refractivity contribution in [1.82, 2.24) is 19.1 Å². The third kappa shape index (κ3) is 3.70. The van der Waals surface area contributed by atoms with Gasteiger partial charge in [-0.3, -0.25) is 4.40 Å². The number of nitrogens with one attached hydrogen (secondary N) is 1. The van der Waals surface area contributed by atoms with Crippen LogP contribution in [0.3, 0.4) is 0 Å². The molecule has 0 bridgehead atoms. The van der Waals surface area contributed by atoms with Gasteiger partial charge in [0.05, 0.1) is 9.61 Å². The van der Waals surface area contributed by atoms with Gasteiger partial charge in [0.25, 0.3) is 0 Å². The lowest BCUT2D eigenvalue weighted by atomic mass is 9.74. The number of halogens is 1. The summed E-state index contributed by atoms with van der Waals surface area (Å²) in [5, 5.41) is 0. The van der Waals surface area contributed by atoms with Crippen molar-refractivity contribution in [1.29, 1.82) is 0 Å². The zero-order valence-electron chi connectivity index (χ0n) is 16.2. The van der Waals surface area contributed by atoms with E-state index in [0.29, 0.717) is 6.04 Å². The van der Waals surface area contributed by atoms with E-state index < -0.39 is 11.4 Å².